The van der Waals surface area contributed by atoms with Crippen LogP contribution in [0.15, 0.2) is 18.2 Å². The number of aromatic nitrogens is 2. The molecule has 1 unspecified atom stereocenters. The van der Waals surface area contributed by atoms with E-state index in [4.69, 9.17) is 0 Å². The lowest BCUT2D eigenvalue weighted by Gasteiger charge is -2.33. The topological polar surface area (TPSA) is 84.3 Å². The zero-order chi connectivity index (χ0) is 18.4. The molecule has 2 atom stereocenters. The maximum atomic E-state index is 12.4. The Morgan fingerprint density at radius 2 is 1.96 bits per heavy atom. The highest BCUT2D eigenvalue weighted by atomic mass is 16.2. The van der Waals surface area contributed by atoms with Crippen molar-refractivity contribution in [1.29, 1.82) is 0 Å². The second-order valence-corrected chi connectivity index (χ2v) is 7.22. The smallest absolute Gasteiger partial charge is 0.235 e. The van der Waals surface area contributed by atoms with E-state index in [1.54, 1.807) is 4.68 Å². The highest BCUT2D eigenvalue weighted by Crippen LogP contribution is 2.33. The molecule has 0 spiro atoms. The zero-order valence-corrected chi connectivity index (χ0v) is 15.0. The van der Waals surface area contributed by atoms with Gasteiger partial charge in [0.15, 0.2) is 0 Å². The standard InChI is InChI=1S/C19H22N4O3/c1-11-4-3-5-17(25)23(11)12-6-7-13-15(10-12)22(2)21-18(13)14-8-9-16(24)20-19(14)26/h6-7,10-11,14H,3-5,8-9H2,1-2H3,(H,20,24,26)/t11-,14?/m1/s1. The molecule has 2 aliphatic heterocycles. The van der Waals surface area contributed by atoms with Crippen molar-refractivity contribution in [2.45, 2.75) is 51.0 Å². The predicted molar refractivity (Wildman–Crippen MR) is 96.6 cm³/mol. The van der Waals surface area contributed by atoms with Crippen molar-refractivity contribution in [3.05, 3.63) is 23.9 Å². The van der Waals surface area contributed by atoms with E-state index in [0.717, 1.165) is 29.4 Å². The number of carbonyl (C=O) groups is 3. The first kappa shape index (κ1) is 16.8. The summed E-state index contributed by atoms with van der Waals surface area (Å²) >= 11 is 0. The number of fused-ring (bicyclic) bond motifs is 1. The molecule has 4 rings (SSSR count). The first-order chi connectivity index (χ1) is 12.5. The maximum absolute atomic E-state index is 12.4. The van der Waals surface area contributed by atoms with Crippen LogP contribution < -0.4 is 10.2 Å². The van der Waals surface area contributed by atoms with Crippen LogP contribution in [0.25, 0.3) is 10.9 Å². The first-order valence-corrected chi connectivity index (χ1v) is 9.08. The number of nitrogens with one attached hydrogen (secondary N) is 1. The van der Waals surface area contributed by atoms with Gasteiger partial charge < -0.3 is 4.90 Å². The number of aryl methyl sites for hydroxylation is 1. The van der Waals surface area contributed by atoms with Crippen molar-refractivity contribution < 1.29 is 14.4 Å². The summed E-state index contributed by atoms with van der Waals surface area (Å²) < 4.78 is 1.75. The molecule has 0 radical (unpaired) electrons. The summed E-state index contributed by atoms with van der Waals surface area (Å²) in [4.78, 5) is 37.9. The third-order valence-corrected chi connectivity index (χ3v) is 5.43. The second kappa shape index (κ2) is 6.23. The van der Waals surface area contributed by atoms with E-state index in [1.807, 2.05) is 30.1 Å². The van der Waals surface area contributed by atoms with Gasteiger partial charge in [0.05, 0.1) is 17.1 Å². The number of rotatable bonds is 2. The molecule has 136 valence electrons. The summed E-state index contributed by atoms with van der Waals surface area (Å²) in [6.07, 6.45) is 3.31. The highest BCUT2D eigenvalue weighted by molar-refractivity contribution is 6.03. The fourth-order valence-electron chi connectivity index (χ4n) is 4.08. The van der Waals surface area contributed by atoms with Crippen LogP contribution in [0.5, 0.6) is 0 Å². The zero-order valence-electron chi connectivity index (χ0n) is 15.0. The lowest BCUT2D eigenvalue weighted by Crippen LogP contribution is -2.42. The molecule has 1 aromatic heterocycles. The van der Waals surface area contributed by atoms with E-state index in [9.17, 15) is 14.4 Å². The molecule has 7 heteroatoms. The van der Waals surface area contributed by atoms with Crippen LogP contribution in [-0.2, 0) is 21.4 Å². The largest absolute Gasteiger partial charge is 0.310 e. The Labute approximate surface area is 151 Å². The molecular formula is C19H22N4O3. The van der Waals surface area contributed by atoms with Gasteiger partial charge in [-0.1, -0.05) is 0 Å². The van der Waals surface area contributed by atoms with Gasteiger partial charge in [0.25, 0.3) is 0 Å². The number of nitrogens with zero attached hydrogens (tertiary/aromatic N) is 3. The minimum atomic E-state index is -0.419. The molecule has 7 nitrogen and oxygen atoms in total. The monoisotopic (exact) mass is 354 g/mol. The van der Waals surface area contributed by atoms with E-state index in [-0.39, 0.29) is 23.8 Å². The Morgan fingerprint density at radius 1 is 1.15 bits per heavy atom. The van der Waals surface area contributed by atoms with Gasteiger partial charge in [-0.05, 0) is 44.4 Å². The number of benzene rings is 1. The Morgan fingerprint density at radius 3 is 2.69 bits per heavy atom. The summed E-state index contributed by atoms with van der Waals surface area (Å²) in [5.74, 6) is -0.787. The number of hydrogen-bond donors (Lipinski definition) is 1. The number of hydrogen-bond acceptors (Lipinski definition) is 4. The van der Waals surface area contributed by atoms with Crippen molar-refractivity contribution >= 4 is 34.3 Å². The fraction of sp³-hybridized carbons (Fsp3) is 0.474. The average molecular weight is 354 g/mol. The SMILES string of the molecule is C[C@@H]1CCCC(=O)N1c1ccc2c(C3CCC(=O)NC3=O)nn(C)c2c1. The van der Waals surface area contributed by atoms with Crippen LogP contribution >= 0.6 is 0 Å². The van der Waals surface area contributed by atoms with Crippen LogP contribution in [0.2, 0.25) is 0 Å². The van der Waals surface area contributed by atoms with Gasteiger partial charge in [0.2, 0.25) is 17.7 Å². The number of anilines is 1. The van der Waals surface area contributed by atoms with Crippen LogP contribution in [0.3, 0.4) is 0 Å². The van der Waals surface area contributed by atoms with Gasteiger partial charge in [-0.3, -0.25) is 24.4 Å². The summed E-state index contributed by atoms with van der Waals surface area (Å²) in [5, 5.41) is 7.84. The van der Waals surface area contributed by atoms with E-state index in [1.165, 1.54) is 0 Å². The van der Waals surface area contributed by atoms with Gasteiger partial charge in [0, 0.05) is 37.0 Å². The van der Waals surface area contributed by atoms with Gasteiger partial charge in [-0.2, -0.15) is 5.10 Å². The molecule has 2 fully saturated rings. The van der Waals surface area contributed by atoms with E-state index in [0.29, 0.717) is 25.0 Å². The summed E-state index contributed by atoms with van der Waals surface area (Å²) in [5.41, 5.74) is 2.44. The molecule has 0 aliphatic carbocycles. The third-order valence-electron chi connectivity index (χ3n) is 5.43. The lowest BCUT2D eigenvalue weighted by atomic mass is 9.92. The van der Waals surface area contributed by atoms with Crippen molar-refractivity contribution in [2.24, 2.45) is 7.05 Å². The normalized spacial score (nSPS) is 24.2. The lowest BCUT2D eigenvalue weighted by molar-refractivity contribution is -0.134. The summed E-state index contributed by atoms with van der Waals surface area (Å²) in [6.45, 7) is 2.07. The molecule has 0 saturated carbocycles. The number of amides is 3. The Bertz CT molecular complexity index is 917. The van der Waals surface area contributed by atoms with Gasteiger partial charge in [-0.15, -0.1) is 0 Å². The fourth-order valence-corrected chi connectivity index (χ4v) is 4.08. The maximum Gasteiger partial charge on any atom is 0.235 e. The predicted octanol–water partition coefficient (Wildman–Crippen LogP) is 2.00. The highest BCUT2D eigenvalue weighted by Gasteiger charge is 2.32. The van der Waals surface area contributed by atoms with Gasteiger partial charge in [0.1, 0.15) is 0 Å². The molecule has 26 heavy (non-hydrogen) atoms. The van der Waals surface area contributed by atoms with Crippen molar-refractivity contribution in [3.63, 3.8) is 0 Å². The quantitative estimate of drug-likeness (QED) is 0.836. The summed E-state index contributed by atoms with van der Waals surface area (Å²) in [6, 6.07) is 6.01. The minimum Gasteiger partial charge on any atom is -0.310 e. The molecule has 3 heterocycles. The second-order valence-electron chi connectivity index (χ2n) is 7.22. The molecular weight excluding hydrogens is 332 g/mol. The Hall–Kier alpha value is -2.70. The average Bonchev–Trinajstić information content (AvgIpc) is 2.91. The summed E-state index contributed by atoms with van der Waals surface area (Å²) in [7, 11) is 1.84. The van der Waals surface area contributed by atoms with E-state index in [2.05, 4.69) is 17.3 Å². The molecule has 2 aromatic rings. The molecule has 3 amide bonds. The third kappa shape index (κ3) is 2.67. The van der Waals surface area contributed by atoms with Crippen LogP contribution in [0.1, 0.15) is 50.6 Å². The minimum absolute atomic E-state index is 0.149. The van der Waals surface area contributed by atoms with Crippen molar-refractivity contribution in [3.8, 4) is 0 Å². The van der Waals surface area contributed by atoms with Crippen molar-refractivity contribution in [2.75, 3.05) is 4.90 Å². The van der Waals surface area contributed by atoms with Crippen molar-refractivity contribution in [1.82, 2.24) is 15.1 Å². The molecule has 2 saturated heterocycles. The van der Waals surface area contributed by atoms with Crippen LogP contribution in [-0.4, -0.2) is 33.5 Å². The molecule has 2 aliphatic rings. The first-order valence-electron chi connectivity index (χ1n) is 9.08. The number of imide groups is 1. The van der Waals surface area contributed by atoms with Gasteiger partial charge in [-0.25, -0.2) is 0 Å². The van der Waals surface area contributed by atoms with E-state index >= 15 is 0 Å². The molecule has 1 aromatic carbocycles. The number of carbonyl (C=O) groups excluding carboxylic acids is 3. The number of piperidine rings is 2. The Balaban J connectivity index is 1.74. The van der Waals surface area contributed by atoms with E-state index < -0.39 is 5.92 Å². The van der Waals surface area contributed by atoms with Crippen LogP contribution in [0, 0.1) is 0 Å². The van der Waals surface area contributed by atoms with Crippen LogP contribution in [0.4, 0.5) is 5.69 Å². The molecule has 0 bridgehead atoms. The molecule has 1 N–H and O–H groups in total. The van der Waals surface area contributed by atoms with Gasteiger partial charge >= 0.3 is 0 Å². The Kier molecular flexibility index (Phi) is 4.01.